The lowest BCUT2D eigenvalue weighted by Gasteiger charge is -2.09. The van der Waals surface area contributed by atoms with Crippen molar-refractivity contribution in [2.24, 2.45) is 0 Å². The van der Waals surface area contributed by atoms with Crippen molar-refractivity contribution in [3.8, 4) is 11.3 Å². The standard InChI is InChI=1S/C12H7BrF4N2OS/c13-4-10(20)19-11-18-9(5-21-11)6-1-2-8(14)7(3-6)12(15,16)17/h1-3,5H,4H2,(H,18,19,20). The third kappa shape index (κ3) is 3.79. The van der Waals surface area contributed by atoms with Crippen LogP contribution in [0.25, 0.3) is 11.3 Å². The Morgan fingerprint density at radius 1 is 1.38 bits per heavy atom. The van der Waals surface area contributed by atoms with Crippen LogP contribution in [0.5, 0.6) is 0 Å². The molecule has 21 heavy (non-hydrogen) atoms. The zero-order valence-corrected chi connectivity index (χ0v) is 12.6. The van der Waals surface area contributed by atoms with Crippen molar-refractivity contribution >= 4 is 38.3 Å². The predicted molar refractivity (Wildman–Crippen MR) is 74.9 cm³/mol. The summed E-state index contributed by atoms with van der Waals surface area (Å²) in [4.78, 5) is 15.2. The van der Waals surface area contributed by atoms with Crippen LogP contribution >= 0.6 is 27.3 Å². The Kier molecular flexibility index (Phi) is 4.62. The monoisotopic (exact) mass is 382 g/mol. The van der Waals surface area contributed by atoms with Crippen molar-refractivity contribution in [3.05, 3.63) is 35.0 Å². The van der Waals surface area contributed by atoms with E-state index in [1.165, 1.54) is 11.4 Å². The summed E-state index contributed by atoms with van der Waals surface area (Å²) >= 11 is 4.03. The van der Waals surface area contributed by atoms with E-state index in [2.05, 4.69) is 26.2 Å². The molecule has 0 aliphatic rings. The van der Waals surface area contributed by atoms with E-state index in [9.17, 15) is 22.4 Å². The van der Waals surface area contributed by atoms with E-state index >= 15 is 0 Å². The molecule has 2 aromatic rings. The smallest absolute Gasteiger partial charge is 0.301 e. The van der Waals surface area contributed by atoms with Crippen molar-refractivity contribution in [1.29, 1.82) is 0 Å². The average Bonchev–Trinajstić information content (AvgIpc) is 2.86. The van der Waals surface area contributed by atoms with E-state index in [0.717, 1.165) is 17.4 Å². The Morgan fingerprint density at radius 2 is 2.10 bits per heavy atom. The summed E-state index contributed by atoms with van der Waals surface area (Å²) < 4.78 is 51.1. The molecule has 1 aromatic carbocycles. The minimum atomic E-state index is -4.77. The van der Waals surface area contributed by atoms with Gasteiger partial charge in [0, 0.05) is 10.9 Å². The van der Waals surface area contributed by atoms with Gasteiger partial charge >= 0.3 is 6.18 Å². The molecular formula is C12H7BrF4N2OS. The molecule has 1 N–H and O–H groups in total. The SMILES string of the molecule is O=C(CBr)Nc1nc(-c2ccc(F)c(C(F)(F)F)c2)cs1. The summed E-state index contributed by atoms with van der Waals surface area (Å²) in [6.07, 6.45) is -4.77. The lowest BCUT2D eigenvalue weighted by atomic mass is 10.1. The van der Waals surface area contributed by atoms with Crippen LogP contribution in [0.3, 0.4) is 0 Å². The highest BCUT2D eigenvalue weighted by molar-refractivity contribution is 9.09. The maximum Gasteiger partial charge on any atom is 0.419 e. The predicted octanol–water partition coefficient (Wildman–Crippen LogP) is 4.30. The normalized spacial score (nSPS) is 11.5. The van der Waals surface area contributed by atoms with Gasteiger partial charge in [-0.1, -0.05) is 15.9 Å². The van der Waals surface area contributed by atoms with E-state index in [-0.39, 0.29) is 27.6 Å². The number of benzene rings is 1. The van der Waals surface area contributed by atoms with Crippen molar-refractivity contribution in [3.63, 3.8) is 0 Å². The number of hydrogen-bond acceptors (Lipinski definition) is 3. The number of aromatic nitrogens is 1. The zero-order chi connectivity index (χ0) is 15.6. The van der Waals surface area contributed by atoms with E-state index in [1.807, 2.05) is 0 Å². The van der Waals surface area contributed by atoms with Gasteiger partial charge in [0.05, 0.1) is 16.6 Å². The Bertz CT molecular complexity index is 672. The molecule has 0 bridgehead atoms. The molecule has 9 heteroatoms. The van der Waals surface area contributed by atoms with Crippen LogP contribution in [0.1, 0.15) is 5.56 Å². The van der Waals surface area contributed by atoms with Crippen LogP contribution in [0.15, 0.2) is 23.6 Å². The van der Waals surface area contributed by atoms with Gasteiger partial charge in [0.2, 0.25) is 5.91 Å². The van der Waals surface area contributed by atoms with Crippen LogP contribution < -0.4 is 5.32 Å². The molecule has 0 radical (unpaired) electrons. The largest absolute Gasteiger partial charge is 0.419 e. The summed E-state index contributed by atoms with van der Waals surface area (Å²) in [6.45, 7) is 0. The highest BCUT2D eigenvalue weighted by atomic mass is 79.9. The zero-order valence-electron chi connectivity index (χ0n) is 10.2. The summed E-state index contributed by atoms with van der Waals surface area (Å²) in [5.74, 6) is -1.67. The Hall–Kier alpha value is -1.48. The molecule has 3 nitrogen and oxygen atoms in total. The quantitative estimate of drug-likeness (QED) is 0.635. The van der Waals surface area contributed by atoms with Crippen LogP contribution in [0.4, 0.5) is 22.7 Å². The number of halogens is 5. The molecule has 0 saturated heterocycles. The molecule has 0 aliphatic carbocycles. The van der Waals surface area contributed by atoms with Crippen molar-refractivity contribution in [2.75, 3.05) is 10.6 Å². The van der Waals surface area contributed by atoms with Gasteiger partial charge in [0.1, 0.15) is 5.82 Å². The fourth-order valence-electron chi connectivity index (χ4n) is 1.52. The molecule has 0 spiro atoms. The second kappa shape index (κ2) is 6.10. The van der Waals surface area contributed by atoms with Crippen molar-refractivity contribution in [2.45, 2.75) is 6.18 Å². The van der Waals surface area contributed by atoms with E-state index in [0.29, 0.717) is 6.07 Å². The lowest BCUT2D eigenvalue weighted by molar-refractivity contribution is -0.139. The first kappa shape index (κ1) is 15.9. The number of thiazole rings is 1. The molecule has 1 aromatic heterocycles. The first-order valence-electron chi connectivity index (χ1n) is 5.49. The number of nitrogens with zero attached hydrogens (tertiary/aromatic N) is 1. The van der Waals surface area contributed by atoms with Gasteiger partial charge in [-0.25, -0.2) is 9.37 Å². The van der Waals surface area contributed by atoms with Crippen LogP contribution in [0.2, 0.25) is 0 Å². The minimum Gasteiger partial charge on any atom is -0.301 e. The molecule has 1 heterocycles. The summed E-state index contributed by atoms with van der Waals surface area (Å²) in [6, 6.07) is 2.64. The number of alkyl halides is 4. The van der Waals surface area contributed by atoms with E-state index in [4.69, 9.17) is 0 Å². The molecule has 112 valence electrons. The van der Waals surface area contributed by atoms with Gasteiger partial charge in [-0.05, 0) is 18.2 Å². The summed E-state index contributed by atoms with van der Waals surface area (Å²) in [7, 11) is 0. The van der Waals surface area contributed by atoms with Crippen molar-refractivity contribution < 1.29 is 22.4 Å². The van der Waals surface area contributed by atoms with Crippen LogP contribution in [0, 0.1) is 5.82 Å². The van der Waals surface area contributed by atoms with Gasteiger partial charge in [0.25, 0.3) is 0 Å². The Balaban J connectivity index is 2.33. The number of nitrogens with one attached hydrogen (secondary N) is 1. The van der Waals surface area contributed by atoms with Gasteiger partial charge < -0.3 is 5.32 Å². The van der Waals surface area contributed by atoms with Crippen LogP contribution in [-0.2, 0) is 11.0 Å². The first-order chi connectivity index (χ1) is 9.81. The second-order valence-corrected chi connectivity index (χ2v) is 5.33. The molecule has 0 fully saturated rings. The molecule has 0 saturated carbocycles. The third-order valence-corrected chi connectivity index (χ3v) is 3.71. The van der Waals surface area contributed by atoms with Gasteiger partial charge in [-0.3, -0.25) is 4.79 Å². The lowest BCUT2D eigenvalue weighted by Crippen LogP contribution is -2.11. The number of rotatable bonds is 3. The summed E-state index contributed by atoms with van der Waals surface area (Å²) in [5.41, 5.74) is -0.992. The molecule has 0 atom stereocenters. The maximum atomic E-state index is 13.2. The number of amides is 1. The average molecular weight is 383 g/mol. The first-order valence-corrected chi connectivity index (χ1v) is 7.50. The third-order valence-electron chi connectivity index (χ3n) is 2.44. The molecule has 0 aliphatic heterocycles. The summed E-state index contributed by atoms with van der Waals surface area (Å²) in [5, 5.41) is 4.28. The van der Waals surface area contributed by atoms with Crippen LogP contribution in [-0.4, -0.2) is 16.2 Å². The van der Waals surface area contributed by atoms with Gasteiger partial charge in [-0.15, -0.1) is 11.3 Å². The van der Waals surface area contributed by atoms with Crippen molar-refractivity contribution in [1.82, 2.24) is 4.98 Å². The Labute approximate surface area is 129 Å². The molecule has 2 rings (SSSR count). The number of anilines is 1. The highest BCUT2D eigenvalue weighted by Crippen LogP contribution is 2.34. The fourth-order valence-corrected chi connectivity index (χ4v) is 2.39. The van der Waals surface area contributed by atoms with E-state index in [1.54, 1.807) is 0 Å². The molecule has 1 amide bonds. The topological polar surface area (TPSA) is 42.0 Å². The minimum absolute atomic E-state index is 0.0800. The number of carbonyl (C=O) groups excluding carboxylic acids is 1. The van der Waals surface area contributed by atoms with Gasteiger partial charge in [-0.2, -0.15) is 13.2 Å². The number of carbonyl (C=O) groups is 1. The van der Waals surface area contributed by atoms with Gasteiger partial charge in [0.15, 0.2) is 5.13 Å². The van der Waals surface area contributed by atoms with E-state index < -0.39 is 17.6 Å². The Morgan fingerprint density at radius 3 is 2.71 bits per heavy atom. The fraction of sp³-hybridized carbons (Fsp3) is 0.167. The highest BCUT2D eigenvalue weighted by Gasteiger charge is 2.34. The maximum absolute atomic E-state index is 13.2. The molecule has 0 unspecified atom stereocenters. The second-order valence-electron chi connectivity index (χ2n) is 3.91. The molecular weight excluding hydrogens is 376 g/mol. The number of hydrogen-bond donors (Lipinski definition) is 1.